The number of hydrogen-bond donors (Lipinski definition) is 0. The molecule has 5 heteroatoms. The third-order valence-corrected chi connectivity index (χ3v) is 11.9. The number of fused-ring (bicyclic) bond motifs is 6. The standard InChI is InChI=1S/C57H36N4O/c1-4-15-37(16-5-1)38-27-29-40(30-28-38)56-58-55(39-17-6-2-7-18-39)59-57(60-56)42-32-34-48-50-25-14-24-49(54(50)62-53(48)36-42)45-22-11-10-21-44(45)41-31-33-47-46-23-12-13-26-51(46)61(52(47)35-41)43-19-8-3-9-20-43/h1-36H. The third kappa shape index (κ3) is 6.06. The summed E-state index contributed by atoms with van der Waals surface area (Å²) in [5.41, 5.74) is 14.5. The SMILES string of the molecule is c1ccc(-c2ccc(-c3nc(-c4ccccc4)nc(-c4ccc5c(c4)oc4c(-c6ccccc6-c6ccc7c8ccccc8n(-c8ccccc8)c7c6)cccc45)n3)cc2)cc1. The molecular weight excluding hydrogens is 757 g/mol. The van der Waals surface area contributed by atoms with Crippen molar-refractivity contribution in [3.63, 3.8) is 0 Å². The van der Waals surface area contributed by atoms with Gasteiger partial charge < -0.3 is 8.98 Å². The molecular formula is C57H36N4O. The van der Waals surface area contributed by atoms with Gasteiger partial charge in [-0.25, -0.2) is 15.0 Å². The summed E-state index contributed by atoms with van der Waals surface area (Å²) in [6.45, 7) is 0. The first-order chi connectivity index (χ1) is 30.7. The monoisotopic (exact) mass is 792 g/mol. The quantitative estimate of drug-likeness (QED) is 0.161. The molecule has 3 heterocycles. The molecule has 5 nitrogen and oxygen atoms in total. The molecule has 3 aromatic heterocycles. The molecule has 0 atom stereocenters. The molecule has 0 fully saturated rings. The fraction of sp³-hybridized carbons (Fsp3) is 0. The van der Waals surface area contributed by atoms with Crippen LogP contribution < -0.4 is 0 Å². The Balaban J connectivity index is 0.969. The van der Waals surface area contributed by atoms with Gasteiger partial charge in [0.2, 0.25) is 0 Å². The molecule has 0 saturated heterocycles. The number of benzene rings is 9. The Morgan fingerprint density at radius 1 is 0.306 bits per heavy atom. The summed E-state index contributed by atoms with van der Waals surface area (Å²) < 4.78 is 9.26. The van der Waals surface area contributed by atoms with Gasteiger partial charge in [-0.05, 0) is 64.2 Å². The van der Waals surface area contributed by atoms with E-state index in [0.29, 0.717) is 17.5 Å². The van der Waals surface area contributed by atoms with Gasteiger partial charge in [0.25, 0.3) is 0 Å². The van der Waals surface area contributed by atoms with Crippen LogP contribution in [0.2, 0.25) is 0 Å². The summed E-state index contributed by atoms with van der Waals surface area (Å²) in [4.78, 5) is 15.1. The molecule has 12 rings (SSSR count). The van der Waals surface area contributed by atoms with E-state index in [1.165, 1.54) is 21.8 Å². The smallest absolute Gasteiger partial charge is 0.164 e. The van der Waals surface area contributed by atoms with Crippen LogP contribution in [0, 0.1) is 0 Å². The minimum absolute atomic E-state index is 0.581. The van der Waals surface area contributed by atoms with Crippen molar-refractivity contribution in [2.75, 3.05) is 0 Å². The molecule has 0 spiro atoms. The lowest BCUT2D eigenvalue weighted by Gasteiger charge is -2.12. The number of rotatable bonds is 7. The highest BCUT2D eigenvalue weighted by Gasteiger charge is 2.19. The van der Waals surface area contributed by atoms with Crippen LogP contribution in [0.25, 0.3) is 117 Å². The van der Waals surface area contributed by atoms with E-state index in [4.69, 9.17) is 19.4 Å². The summed E-state index contributed by atoms with van der Waals surface area (Å²) in [6, 6.07) is 76.3. The summed E-state index contributed by atoms with van der Waals surface area (Å²) in [5, 5.41) is 4.55. The largest absolute Gasteiger partial charge is 0.455 e. The predicted molar refractivity (Wildman–Crippen MR) is 254 cm³/mol. The van der Waals surface area contributed by atoms with E-state index in [1.807, 2.05) is 36.4 Å². The Morgan fingerprint density at radius 3 is 1.56 bits per heavy atom. The topological polar surface area (TPSA) is 56.7 Å². The van der Waals surface area contributed by atoms with Gasteiger partial charge in [0.15, 0.2) is 17.5 Å². The first-order valence-corrected chi connectivity index (χ1v) is 20.8. The van der Waals surface area contributed by atoms with Gasteiger partial charge in [0.05, 0.1) is 11.0 Å². The zero-order valence-electron chi connectivity index (χ0n) is 33.5. The Labute approximate surface area is 357 Å². The highest BCUT2D eigenvalue weighted by molar-refractivity contribution is 6.13. The van der Waals surface area contributed by atoms with Gasteiger partial charge in [-0.3, -0.25) is 0 Å². The Morgan fingerprint density at radius 2 is 0.806 bits per heavy atom. The fourth-order valence-electron chi connectivity index (χ4n) is 8.91. The number of furan rings is 1. The molecule has 0 amide bonds. The first kappa shape index (κ1) is 35.5. The van der Waals surface area contributed by atoms with E-state index in [9.17, 15) is 0 Å². The molecule has 290 valence electrons. The molecule has 0 N–H and O–H groups in total. The van der Waals surface area contributed by atoms with Crippen LogP contribution in [0.1, 0.15) is 0 Å². The number of aromatic nitrogens is 4. The molecule has 0 radical (unpaired) electrons. The van der Waals surface area contributed by atoms with Gasteiger partial charge in [-0.2, -0.15) is 0 Å². The minimum Gasteiger partial charge on any atom is -0.455 e. The van der Waals surface area contributed by atoms with Crippen molar-refractivity contribution < 1.29 is 4.42 Å². The Hall–Kier alpha value is -8.41. The molecule has 0 saturated carbocycles. The van der Waals surface area contributed by atoms with E-state index in [-0.39, 0.29) is 0 Å². The second-order valence-electron chi connectivity index (χ2n) is 15.6. The van der Waals surface area contributed by atoms with E-state index in [2.05, 4.69) is 187 Å². The third-order valence-electron chi connectivity index (χ3n) is 11.9. The molecule has 9 aromatic carbocycles. The van der Waals surface area contributed by atoms with Crippen molar-refractivity contribution in [2.24, 2.45) is 0 Å². The second kappa shape index (κ2) is 14.7. The Kier molecular flexibility index (Phi) is 8.42. The van der Waals surface area contributed by atoms with Crippen LogP contribution in [0.3, 0.4) is 0 Å². The maximum atomic E-state index is 6.89. The number of para-hydroxylation sites is 3. The average molecular weight is 793 g/mol. The van der Waals surface area contributed by atoms with Crippen LogP contribution in [-0.2, 0) is 0 Å². The van der Waals surface area contributed by atoms with Crippen molar-refractivity contribution in [3.8, 4) is 73.2 Å². The number of hydrogen-bond acceptors (Lipinski definition) is 4. The van der Waals surface area contributed by atoms with Crippen LogP contribution in [0.5, 0.6) is 0 Å². The van der Waals surface area contributed by atoms with Gasteiger partial charge in [-0.1, -0.05) is 182 Å². The molecule has 0 aliphatic heterocycles. The second-order valence-corrected chi connectivity index (χ2v) is 15.6. The van der Waals surface area contributed by atoms with Crippen molar-refractivity contribution in [1.82, 2.24) is 19.5 Å². The van der Waals surface area contributed by atoms with E-state index in [1.54, 1.807) is 0 Å². The number of nitrogens with zero attached hydrogens (tertiary/aromatic N) is 4. The van der Waals surface area contributed by atoms with Crippen molar-refractivity contribution in [3.05, 3.63) is 218 Å². The van der Waals surface area contributed by atoms with Crippen molar-refractivity contribution in [1.29, 1.82) is 0 Å². The molecule has 0 unspecified atom stereocenters. The van der Waals surface area contributed by atoms with Gasteiger partial charge in [0.1, 0.15) is 11.2 Å². The van der Waals surface area contributed by atoms with Crippen LogP contribution in [0.15, 0.2) is 223 Å². The zero-order valence-corrected chi connectivity index (χ0v) is 33.5. The molecule has 0 aliphatic rings. The lowest BCUT2D eigenvalue weighted by molar-refractivity contribution is 0.670. The van der Waals surface area contributed by atoms with Crippen LogP contribution >= 0.6 is 0 Å². The van der Waals surface area contributed by atoms with E-state index >= 15 is 0 Å². The van der Waals surface area contributed by atoms with Crippen molar-refractivity contribution in [2.45, 2.75) is 0 Å². The zero-order chi connectivity index (χ0) is 41.0. The van der Waals surface area contributed by atoms with Gasteiger partial charge >= 0.3 is 0 Å². The fourth-order valence-corrected chi connectivity index (χ4v) is 8.91. The molecule has 0 aliphatic carbocycles. The average Bonchev–Trinajstić information content (AvgIpc) is 3.90. The van der Waals surface area contributed by atoms with E-state index < -0.39 is 0 Å². The maximum absolute atomic E-state index is 6.89. The normalized spacial score (nSPS) is 11.5. The van der Waals surface area contributed by atoms with Gasteiger partial charge in [0, 0.05) is 49.5 Å². The first-order valence-electron chi connectivity index (χ1n) is 20.8. The minimum atomic E-state index is 0.581. The van der Waals surface area contributed by atoms with Crippen molar-refractivity contribution >= 4 is 43.7 Å². The lowest BCUT2D eigenvalue weighted by atomic mass is 9.93. The van der Waals surface area contributed by atoms with E-state index in [0.717, 1.165) is 77.7 Å². The summed E-state index contributed by atoms with van der Waals surface area (Å²) in [5.74, 6) is 1.81. The highest BCUT2D eigenvalue weighted by atomic mass is 16.3. The summed E-state index contributed by atoms with van der Waals surface area (Å²) in [6.07, 6.45) is 0. The highest BCUT2D eigenvalue weighted by Crippen LogP contribution is 2.42. The van der Waals surface area contributed by atoms with Crippen LogP contribution in [-0.4, -0.2) is 19.5 Å². The molecule has 12 aromatic rings. The van der Waals surface area contributed by atoms with Crippen LogP contribution in [0.4, 0.5) is 0 Å². The summed E-state index contributed by atoms with van der Waals surface area (Å²) in [7, 11) is 0. The predicted octanol–water partition coefficient (Wildman–Crippen LogP) is 14.9. The Bertz CT molecular complexity index is 3610. The summed E-state index contributed by atoms with van der Waals surface area (Å²) >= 11 is 0. The maximum Gasteiger partial charge on any atom is 0.164 e. The van der Waals surface area contributed by atoms with Gasteiger partial charge in [-0.15, -0.1) is 0 Å². The lowest BCUT2D eigenvalue weighted by Crippen LogP contribution is -2.00. The molecule has 0 bridgehead atoms. The molecule has 62 heavy (non-hydrogen) atoms.